The van der Waals surface area contributed by atoms with Crippen LogP contribution in [0.5, 0.6) is 0 Å². The van der Waals surface area contributed by atoms with Gasteiger partial charge < -0.3 is 4.74 Å². The van der Waals surface area contributed by atoms with Gasteiger partial charge in [0.1, 0.15) is 0 Å². The quantitative estimate of drug-likeness (QED) is 0.413. The largest absolute Gasteiger partial charge is 0.449 e. The van der Waals surface area contributed by atoms with Gasteiger partial charge in [-0.1, -0.05) is 60.7 Å². The predicted octanol–water partition coefficient (Wildman–Crippen LogP) is 6.38. The van der Waals surface area contributed by atoms with E-state index in [0.717, 1.165) is 0 Å². The smallest absolute Gasteiger partial charge is 0.448 e. The van der Waals surface area contributed by atoms with E-state index in [1.54, 1.807) is 60.7 Å². The fraction of sp³-hybridized carbons (Fsp3) is 0.200. The molecule has 0 aliphatic heterocycles. The van der Waals surface area contributed by atoms with Crippen LogP contribution in [0.15, 0.2) is 84.3 Å². The normalized spacial score (nSPS) is 13.6. The standard InChI is InChI=1S/C20H16F6O/c21-19(22,23)17(13-11-15-7-3-1-4-8-15)27-18(20(24,25)26)14-12-16-9-5-2-6-10-16/h1-10,13-14H,11-12H2. The molecule has 0 aromatic heterocycles. The molecule has 0 aliphatic carbocycles. The van der Waals surface area contributed by atoms with E-state index < -0.39 is 23.9 Å². The third-order valence-electron chi connectivity index (χ3n) is 3.51. The molecule has 0 spiro atoms. The molecule has 0 amide bonds. The van der Waals surface area contributed by atoms with Gasteiger partial charge in [0.05, 0.1) is 0 Å². The Morgan fingerprint density at radius 1 is 0.630 bits per heavy atom. The van der Waals surface area contributed by atoms with Crippen LogP contribution in [0.25, 0.3) is 0 Å². The van der Waals surface area contributed by atoms with E-state index in [4.69, 9.17) is 0 Å². The van der Waals surface area contributed by atoms with E-state index in [1.165, 1.54) is 0 Å². The molecule has 0 heterocycles. The first kappa shape index (κ1) is 20.6. The number of halogens is 6. The number of alkyl halides is 6. The summed E-state index contributed by atoms with van der Waals surface area (Å²) in [5.41, 5.74) is 1.04. The SMILES string of the molecule is FC(F)(F)C(=CCc1ccccc1)OC(=CCc1ccccc1)C(F)(F)F. The van der Waals surface area contributed by atoms with E-state index in [9.17, 15) is 26.3 Å². The Bertz CT molecular complexity index is 706. The van der Waals surface area contributed by atoms with Gasteiger partial charge in [0.2, 0.25) is 11.5 Å². The van der Waals surface area contributed by atoms with Crippen molar-refractivity contribution < 1.29 is 31.1 Å². The first-order valence-electron chi connectivity index (χ1n) is 7.96. The van der Waals surface area contributed by atoms with Crippen LogP contribution in [0.2, 0.25) is 0 Å². The van der Waals surface area contributed by atoms with Crippen LogP contribution in [0.3, 0.4) is 0 Å². The van der Waals surface area contributed by atoms with Crippen molar-refractivity contribution in [3.63, 3.8) is 0 Å². The van der Waals surface area contributed by atoms with Crippen LogP contribution in [-0.2, 0) is 17.6 Å². The molecular formula is C20H16F6O. The molecule has 2 aromatic rings. The molecule has 0 unspecified atom stereocenters. The summed E-state index contributed by atoms with van der Waals surface area (Å²) < 4.78 is 83.2. The third-order valence-corrected chi connectivity index (χ3v) is 3.51. The summed E-state index contributed by atoms with van der Waals surface area (Å²) in [6.45, 7) is 0. The van der Waals surface area contributed by atoms with Gasteiger partial charge in [0, 0.05) is 0 Å². The second kappa shape index (κ2) is 8.79. The zero-order valence-corrected chi connectivity index (χ0v) is 14.0. The maximum atomic E-state index is 13.1. The van der Waals surface area contributed by atoms with Crippen LogP contribution in [0, 0.1) is 0 Å². The second-order valence-electron chi connectivity index (χ2n) is 5.61. The van der Waals surface area contributed by atoms with Crippen molar-refractivity contribution in [1.29, 1.82) is 0 Å². The number of ether oxygens (including phenoxy) is 1. The van der Waals surface area contributed by atoms with Gasteiger partial charge in [-0.15, -0.1) is 0 Å². The molecule has 2 aromatic carbocycles. The number of hydrogen-bond acceptors (Lipinski definition) is 1. The van der Waals surface area contributed by atoms with Gasteiger partial charge >= 0.3 is 12.4 Å². The zero-order valence-electron chi connectivity index (χ0n) is 14.0. The summed E-state index contributed by atoms with van der Waals surface area (Å²) in [6, 6.07) is 16.1. The Morgan fingerprint density at radius 2 is 0.963 bits per heavy atom. The maximum Gasteiger partial charge on any atom is 0.449 e. The van der Waals surface area contributed by atoms with Crippen molar-refractivity contribution >= 4 is 0 Å². The lowest BCUT2D eigenvalue weighted by atomic mass is 10.1. The first-order valence-corrected chi connectivity index (χ1v) is 7.96. The highest BCUT2D eigenvalue weighted by molar-refractivity contribution is 5.22. The van der Waals surface area contributed by atoms with Crippen molar-refractivity contribution in [3.8, 4) is 0 Å². The maximum absolute atomic E-state index is 13.1. The van der Waals surface area contributed by atoms with Crippen molar-refractivity contribution in [2.24, 2.45) is 0 Å². The summed E-state index contributed by atoms with van der Waals surface area (Å²) in [5.74, 6) is -3.38. The Morgan fingerprint density at radius 3 is 1.26 bits per heavy atom. The summed E-state index contributed by atoms with van der Waals surface area (Å²) in [5, 5.41) is 0. The highest BCUT2D eigenvalue weighted by atomic mass is 19.4. The van der Waals surface area contributed by atoms with E-state index in [0.29, 0.717) is 23.3 Å². The zero-order chi connectivity index (χ0) is 19.9. The molecule has 0 fully saturated rings. The van der Waals surface area contributed by atoms with Crippen LogP contribution < -0.4 is 0 Å². The molecule has 1 nitrogen and oxygen atoms in total. The lowest BCUT2D eigenvalue weighted by Crippen LogP contribution is -2.21. The number of hydrogen-bond donors (Lipinski definition) is 0. The Balaban J connectivity index is 2.25. The third kappa shape index (κ3) is 6.84. The van der Waals surface area contributed by atoms with Gasteiger partial charge in [-0.05, 0) is 36.1 Å². The molecule has 0 saturated heterocycles. The first-order chi connectivity index (χ1) is 12.7. The highest BCUT2D eigenvalue weighted by Crippen LogP contribution is 2.35. The topological polar surface area (TPSA) is 9.23 Å². The molecule has 27 heavy (non-hydrogen) atoms. The summed E-state index contributed by atoms with van der Waals surface area (Å²) in [4.78, 5) is 0. The molecule has 144 valence electrons. The molecule has 0 N–H and O–H groups in total. The molecule has 0 aliphatic rings. The monoisotopic (exact) mass is 386 g/mol. The number of rotatable bonds is 6. The minimum Gasteiger partial charge on any atom is -0.448 e. The average molecular weight is 386 g/mol. The minimum atomic E-state index is -5.05. The molecule has 0 saturated carbocycles. The van der Waals surface area contributed by atoms with Gasteiger partial charge in [-0.2, -0.15) is 26.3 Å². The van der Waals surface area contributed by atoms with Gasteiger partial charge in [0.15, 0.2) is 0 Å². The summed E-state index contributed by atoms with van der Waals surface area (Å²) in [7, 11) is 0. The Kier molecular flexibility index (Phi) is 6.71. The molecule has 7 heteroatoms. The van der Waals surface area contributed by atoms with Gasteiger partial charge in [-0.25, -0.2) is 0 Å². The van der Waals surface area contributed by atoms with Crippen LogP contribution >= 0.6 is 0 Å². The summed E-state index contributed by atoms with van der Waals surface area (Å²) in [6.07, 6.45) is -9.30. The fourth-order valence-electron chi connectivity index (χ4n) is 2.20. The molecular weight excluding hydrogens is 370 g/mol. The average Bonchev–Trinajstić information content (AvgIpc) is 2.60. The fourth-order valence-corrected chi connectivity index (χ4v) is 2.20. The van der Waals surface area contributed by atoms with Crippen LogP contribution in [-0.4, -0.2) is 12.4 Å². The Labute approximate surface area is 152 Å². The second-order valence-corrected chi connectivity index (χ2v) is 5.61. The van der Waals surface area contributed by atoms with Crippen molar-refractivity contribution in [2.75, 3.05) is 0 Å². The van der Waals surface area contributed by atoms with E-state index in [-0.39, 0.29) is 12.8 Å². The van der Waals surface area contributed by atoms with E-state index >= 15 is 0 Å². The molecule has 2 rings (SSSR count). The van der Waals surface area contributed by atoms with Crippen molar-refractivity contribution in [2.45, 2.75) is 25.2 Å². The predicted molar refractivity (Wildman–Crippen MR) is 89.7 cm³/mol. The van der Waals surface area contributed by atoms with Crippen LogP contribution in [0.1, 0.15) is 11.1 Å². The molecule has 0 bridgehead atoms. The van der Waals surface area contributed by atoms with Gasteiger partial charge in [0.25, 0.3) is 0 Å². The van der Waals surface area contributed by atoms with Crippen molar-refractivity contribution in [3.05, 3.63) is 95.5 Å². The lowest BCUT2D eigenvalue weighted by molar-refractivity contribution is -0.157. The molecule has 0 atom stereocenters. The number of allylic oxidation sites excluding steroid dienone is 4. The summed E-state index contributed by atoms with van der Waals surface area (Å²) >= 11 is 0. The minimum absolute atomic E-state index is 0.209. The number of benzene rings is 2. The lowest BCUT2D eigenvalue weighted by Gasteiger charge is -2.18. The van der Waals surface area contributed by atoms with Gasteiger partial charge in [-0.3, -0.25) is 0 Å². The molecule has 0 radical (unpaired) electrons. The van der Waals surface area contributed by atoms with Crippen molar-refractivity contribution in [1.82, 2.24) is 0 Å². The highest BCUT2D eigenvalue weighted by Gasteiger charge is 2.42. The van der Waals surface area contributed by atoms with E-state index in [2.05, 4.69) is 4.74 Å². The van der Waals surface area contributed by atoms with Crippen LogP contribution in [0.4, 0.5) is 26.3 Å². The van der Waals surface area contributed by atoms with E-state index in [1.807, 2.05) is 0 Å². The Hall–Kier alpha value is -2.70.